The van der Waals surface area contributed by atoms with Gasteiger partial charge < -0.3 is 9.30 Å². The molecule has 1 fully saturated rings. The fraction of sp³-hybridized carbons (Fsp3) is 0.375. The van der Waals surface area contributed by atoms with Crippen LogP contribution < -0.4 is 4.74 Å². The van der Waals surface area contributed by atoms with Gasteiger partial charge in [0.25, 0.3) is 0 Å². The molecule has 3 aromatic carbocycles. The van der Waals surface area contributed by atoms with Crippen molar-refractivity contribution in [3.8, 4) is 11.8 Å². The van der Waals surface area contributed by atoms with Crippen molar-refractivity contribution in [2.24, 2.45) is 17.3 Å². The summed E-state index contributed by atoms with van der Waals surface area (Å²) >= 11 is 0. The third-order valence-corrected chi connectivity index (χ3v) is 11.7. The van der Waals surface area contributed by atoms with Crippen LogP contribution in [0.15, 0.2) is 84.9 Å². The lowest BCUT2D eigenvalue weighted by molar-refractivity contribution is -0.138. The number of carbonyl (C=O) groups excluding carboxylic acids is 1. The Labute approximate surface area is 221 Å². The van der Waals surface area contributed by atoms with Gasteiger partial charge in [0, 0.05) is 36.7 Å². The van der Waals surface area contributed by atoms with Gasteiger partial charge in [0.15, 0.2) is 0 Å². The Balaban J connectivity index is 1.72. The topological polar surface area (TPSA) is 67.2 Å². The Hall–Kier alpha value is -3.15. The van der Waals surface area contributed by atoms with Crippen LogP contribution in [0.5, 0.6) is 5.75 Å². The number of ether oxygens (including phenoxy) is 1. The highest BCUT2D eigenvalue weighted by Crippen LogP contribution is 2.66. The largest absolute Gasteiger partial charge is 0.497 e. The molecule has 0 spiro atoms. The smallest absolute Gasteiger partial charge is 0.137 e. The van der Waals surface area contributed by atoms with Gasteiger partial charge >= 0.3 is 0 Å². The number of benzene rings is 3. The summed E-state index contributed by atoms with van der Waals surface area (Å²) in [6, 6.07) is 29.9. The zero-order valence-electron chi connectivity index (χ0n) is 22.0. The van der Waals surface area contributed by atoms with E-state index in [1.807, 2.05) is 84.9 Å². The molecule has 1 unspecified atom stereocenters. The van der Waals surface area contributed by atoms with E-state index >= 15 is 4.57 Å². The maximum atomic E-state index is 15.2. The van der Waals surface area contributed by atoms with Crippen molar-refractivity contribution in [2.75, 3.05) is 7.11 Å². The highest BCUT2D eigenvalue weighted by atomic mass is 31.2. The normalized spacial score (nSPS) is 19.3. The molecular weight excluding hydrogens is 477 g/mol. The van der Waals surface area contributed by atoms with Crippen LogP contribution in [-0.2, 0) is 21.7 Å². The Morgan fingerprint density at radius 2 is 1.51 bits per heavy atom. The van der Waals surface area contributed by atoms with Crippen molar-refractivity contribution in [1.29, 1.82) is 5.26 Å². The third kappa shape index (κ3) is 6.06. The summed E-state index contributed by atoms with van der Waals surface area (Å²) in [5.74, 6) is 0.996. The first-order valence-electron chi connectivity index (χ1n) is 13.0. The lowest BCUT2D eigenvalue weighted by atomic mass is 9.52. The van der Waals surface area contributed by atoms with Gasteiger partial charge in [-0.15, -0.1) is 0 Å². The van der Waals surface area contributed by atoms with Crippen molar-refractivity contribution in [1.82, 2.24) is 0 Å². The molecule has 4 nitrogen and oxygen atoms in total. The molecule has 0 aliphatic heterocycles. The van der Waals surface area contributed by atoms with E-state index in [1.54, 1.807) is 7.11 Å². The van der Waals surface area contributed by atoms with Gasteiger partial charge in [-0.05, 0) is 46.6 Å². The summed E-state index contributed by atoms with van der Waals surface area (Å²) in [4.78, 5) is 13.8. The SMILES string of the molecule is COc1ccc(C(CC(=O)[C@@H]2C[C@H](CC#N)C2(C)C)P(=O)(Cc2ccccc2)Cc2ccccc2)cc1. The predicted octanol–water partition coefficient (Wildman–Crippen LogP) is 8.03. The van der Waals surface area contributed by atoms with Crippen molar-refractivity contribution in [3.63, 3.8) is 0 Å². The van der Waals surface area contributed by atoms with Crippen LogP contribution in [0.25, 0.3) is 0 Å². The first-order valence-corrected chi connectivity index (χ1v) is 15.1. The molecular formula is C32H36NO3P. The number of carbonyl (C=O) groups is 1. The number of Topliss-reactive ketones (excluding diaryl/α,β-unsaturated/α-hetero) is 1. The van der Waals surface area contributed by atoms with E-state index in [0.29, 0.717) is 18.7 Å². The minimum atomic E-state index is -2.98. The minimum absolute atomic E-state index is 0.117. The van der Waals surface area contributed by atoms with Crippen LogP contribution in [0.1, 0.15) is 55.5 Å². The summed E-state index contributed by atoms with van der Waals surface area (Å²) in [6.07, 6.45) is 2.29. The molecule has 37 heavy (non-hydrogen) atoms. The third-order valence-electron chi connectivity index (χ3n) is 8.25. The molecule has 0 N–H and O–H groups in total. The average Bonchev–Trinajstić information content (AvgIpc) is 2.90. The molecule has 0 radical (unpaired) electrons. The number of hydrogen-bond acceptors (Lipinski definition) is 4. The van der Waals surface area contributed by atoms with Gasteiger partial charge in [-0.2, -0.15) is 5.26 Å². The Morgan fingerprint density at radius 1 is 0.973 bits per heavy atom. The molecule has 1 saturated carbocycles. The summed E-state index contributed by atoms with van der Waals surface area (Å²) in [6.45, 7) is 4.19. The Morgan fingerprint density at radius 3 is 1.97 bits per heavy atom. The summed E-state index contributed by atoms with van der Waals surface area (Å²) in [5.41, 5.74) is 2.32. The van der Waals surface area contributed by atoms with Crippen molar-refractivity contribution in [2.45, 2.75) is 51.1 Å². The van der Waals surface area contributed by atoms with Crippen LogP contribution >= 0.6 is 7.14 Å². The molecule has 0 aromatic heterocycles. The first-order chi connectivity index (χ1) is 17.8. The molecule has 3 atom stereocenters. The van der Waals surface area contributed by atoms with Crippen molar-refractivity contribution in [3.05, 3.63) is 102 Å². The Bertz CT molecular complexity index is 1230. The fourth-order valence-corrected chi connectivity index (χ4v) is 9.23. The van der Waals surface area contributed by atoms with E-state index in [9.17, 15) is 10.1 Å². The van der Waals surface area contributed by atoms with Crippen LogP contribution in [0.3, 0.4) is 0 Å². The summed E-state index contributed by atoms with van der Waals surface area (Å²) in [7, 11) is -1.36. The number of methoxy groups -OCH3 is 1. The van der Waals surface area contributed by atoms with E-state index in [2.05, 4.69) is 19.9 Å². The number of nitrogens with zero attached hydrogens (tertiary/aromatic N) is 1. The van der Waals surface area contributed by atoms with E-state index in [4.69, 9.17) is 4.74 Å². The minimum Gasteiger partial charge on any atom is -0.497 e. The molecule has 5 heteroatoms. The number of rotatable bonds is 11. The highest BCUT2D eigenvalue weighted by molar-refractivity contribution is 7.62. The van der Waals surface area contributed by atoms with Gasteiger partial charge in [0.05, 0.1) is 13.2 Å². The van der Waals surface area contributed by atoms with Crippen LogP contribution in [0, 0.1) is 28.6 Å². The van der Waals surface area contributed by atoms with Gasteiger partial charge in [0.2, 0.25) is 0 Å². The molecule has 4 rings (SSSR count). The van der Waals surface area contributed by atoms with Crippen LogP contribution in [0.4, 0.5) is 0 Å². The quantitative estimate of drug-likeness (QED) is 0.243. The molecule has 0 saturated heterocycles. The van der Waals surface area contributed by atoms with Crippen LogP contribution in [0.2, 0.25) is 0 Å². The van der Waals surface area contributed by atoms with Crippen molar-refractivity contribution < 1.29 is 14.1 Å². The van der Waals surface area contributed by atoms with E-state index < -0.39 is 12.8 Å². The summed E-state index contributed by atoms with van der Waals surface area (Å²) in [5, 5.41) is 9.20. The number of ketones is 1. The maximum absolute atomic E-state index is 15.2. The lowest BCUT2D eigenvalue weighted by Gasteiger charge is -2.51. The average molecular weight is 514 g/mol. The molecule has 0 heterocycles. The van der Waals surface area contributed by atoms with Crippen LogP contribution in [-0.4, -0.2) is 12.9 Å². The predicted molar refractivity (Wildman–Crippen MR) is 149 cm³/mol. The molecule has 192 valence electrons. The molecule has 3 aromatic rings. The second-order valence-electron chi connectivity index (χ2n) is 10.9. The molecule has 0 amide bonds. The standard InChI is InChI=1S/C32H36NO3P/c1-32(2)27(18-19-33)20-29(32)30(34)21-31(26-14-16-28(36-3)17-15-26)37(35,22-24-10-6-4-7-11-24)23-25-12-8-5-9-13-25/h4-17,27,29,31H,18,20-23H2,1-3H3/t27-,29-,31?/m0/s1. The summed E-state index contributed by atoms with van der Waals surface area (Å²) < 4.78 is 20.5. The molecule has 1 aliphatic rings. The van der Waals surface area contributed by atoms with E-state index in [-0.39, 0.29) is 29.5 Å². The van der Waals surface area contributed by atoms with Crippen molar-refractivity contribution >= 4 is 12.9 Å². The van der Waals surface area contributed by atoms with Gasteiger partial charge in [0.1, 0.15) is 18.7 Å². The van der Waals surface area contributed by atoms with Gasteiger partial charge in [-0.1, -0.05) is 86.6 Å². The zero-order chi connectivity index (χ0) is 26.5. The van der Waals surface area contributed by atoms with E-state index in [1.165, 1.54) is 0 Å². The van der Waals surface area contributed by atoms with E-state index in [0.717, 1.165) is 28.9 Å². The molecule has 1 aliphatic carbocycles. The lowest BCUT2D eigenvalue weighted by Crippen LogP contribution is -2.48. The zero-order valence-corrected chi connectivity index (χ0v) is 22.9. The maximum Gasteiger partial charge on any atom is 0.137 e. The van der Waals surface area contributed by atoms with Gasteiger partial charge in [-0.25, -0.2) is 0 Å². The highest BCUT2D eigenvalue weighted by Gasteiger charge is 2.51. The Kier molecular flexibility index (Phi) is 8.35. The fourth-order valence-electron chi connectivity index (χ4n) is 5.79. The first kappa shape index (κ1) is 26.9. The number of nitriles is 1. The number of hydrogen-bond donors (Lipinski definition) is 0. The monoisotopic (exact) mass is 513 g/mol. The second kappa shape index (κ2) is 11.5. The van der Waals surface area contributed by atoms with Gasteiger partial charge in [-0.3, -0.25) is 4.79 Å². The second-order valence-corrected chi connectivity index (χ2v) is 14.0. The molecule has 0 bridgehead atoms.